The van der Waals surface area contributed by atoms with Crippen molar-refractivity contribution >= 4 is 11.7 Å². The molecule has 23 heavy (non-hydrogen) atoms. The van der Waals surface area contributed by atoms with Crippen molar-refractivity contribution < 1.29 is 4.79 Å². The number of unbranched alkanes of at least 4 members (excludes halogenated alkanes) is 1. The van der Waals surface area contributed by atoms with E-state index in [1.807, 2.05) is 43.1 Å². The van der Waals surface area contributed by atoms with Crippen LogP contribution in [-0.4, -0.2) is 29.5 Å². The summed E-state index contributed by atoms with van der Waals surface area (Å²) >= 11 is 0. The molecule has 0 atom stereocenters. The fourth-order valence-electron chi connectivity index (χ4n) is 2.17. The summed E-state index contributed by atoms with van der Waals surface area (Å²) in [4.78, 5) is 22.6. The van der Waals surface area contributed by atoms with Crippen LogP contribution in [0.1, 0.15) is 41.4 Å². The van der Waals surface area contributed by atoms with Gasteiger partial charge in [0.25, 0.3) is 5.91 Å². The second-order valence-corrected chi connectivity index (χ2v) is 5.70. The van der Waals surface area contributed by atoms with Gasteiger partial charge in [0, 0.05) is 26.2 Å². The molecule has 5 heteroatoms. The van der Waals surface area contributed by atoms with Gasteiger partial charge in [0.15, 0.2) is 0 Å². The van der Waals surface area contributed by atoms with Gasteiger partial charge >= 0.3 is 0 Å². The van der Waals surface area contributed by atoms with Crippen molar-refractivity contribution in [3.63, 3.8) is 0 Å². The van der Waals surface area contributed by atoms with E-state index in [0.29, 0.717) is 12.2 Å². The van der Waals surface area contributed by atoms with Crippen LogP contribution >= 0.6 is 0 Å². The van der Waals surface area contributed by atoms with Crippen LogP contribution in [0.3, 0.4) is 0 Å². The quantitative estimate of drug-likeness (QED) is 0.854. The zero-order chi connectivity index (χ0) is 16.7. The lowest BCUT2D eigenvalue weighted by atomic mass is 10.1. The lowest BCUT2D eigenvalue weighted by Crippen LogP contribution is -2.25. The number of carbonyl (C=O) groups is 1. The average Bonchev–Trinajstić information content (AvgIpc) is 2.59. The molecular formula is C18H24N4O. The van der Waals surface area contributed by atoms with Crippen molar-refractivity contribution in [1.82, 2.24) is 15.3 Å². The molecule has 1 amide bonds. The minimum Gasteiger partial charge on any atom is -0.360 e. The lowest BCUT2D eigenvalue weighted by molar-refractivity contribution is 0.0946. The zero-order valence-corrected chi connectivity index (χ0v) is 14.0. The van der Waals surface area contributed by atoms with Gasteiger partial charge < -0.3 is 10.2 Å². The molecule has 1 aromatic carbocycles. The van der Waals surface area contributed by atoms with Crippen molar-refractivity contribution in [2.24, 2.45) is 0 Å². The first-order valence-corrected chi connectivity index (χ1v) is 7.97. The molecular weight excluding hydrogens is 288 g/mol. The third-order valence-electron chi connectivity index (χ3n) is 3.70. The van der Waals surface area contributed by atoms with Gasteiger partial charge in [-0.25, -0.2) is 9.97 Å². The molecule has 0 fully saturated rings. The monoisotopic (exact) mass is 312 g/mol. The minimum absolute atomic E-state index is 0.182. The molecule has 2 rings (SSSR count). The highest BCUT2D eigenvalue weighted by molar-refractivity contribution is 5.92. The largest absolute Gasteiger partial charge is 0.360 e. The number of aromatic nitrogens is 2. The number of hydrogen-bond donors (Lipinski definition) is 1. The SMILES string of the molecule is CCCCN(C)c1cc(C(=O)NCc2ccc(C)cc2)ncn1. The normalized spacial score (nSPS) is 10.4. The summed E-state index contributed by atoms with van der Waals surface area (Å²) in [5.41, 5.74) is 2.67. The summed E-state index contributed by atoms with van der Waals surface area (Å²) in [6, 6.07) is 9.83. The molecule has 0 saturated heterocycles. The summed E-state index contributed by atoms with van der Waals surface area (Å²) in [6.45, 7) is 5.60. The summed E-state index contributed by atoms with van der Waals surface area (Å²) in [5.74, 6) is 0.590. The molecule has 0 bridgehead atoms. The Morgan fingerprint density at radius 1 is 1.22 bits per heavy atom. The molecule has 0 aliphatic heterocycles. The number of carbonyl (C=O) groups excluding carboxylic acids is 1. The Balaban J connectivity index is 1.97. The Labute approximate surface area is 137 Å². The predicted octanol–water partition coefficient (Wildman–Crippen LogP) is 2.95. The molecule has 1 heterocycles. The Kier molecular flexibility index (Phi) is 6.09. The molecule has 2 aromatic rings. The first-order valence-electron chi connectivity index (χ1n) is 7.97. The van der Waals surface area contributed by atoms with Crippen molar-refractivity contribution in [2.45, 2.75) is 33.2 Å². The molecule has 0 saturated carbocycles. The first-order chi connectivity index (χ1) is 11.1. The standard InChI is InChI=1S/C18H24N4O/c1-4-5-10-22(3)17-11-16(20-13-21-17)18(23)19-12-15-8-6-14(2)7-9-15/h6-9,11,13H,4-5,10,12H2,1-3H3,(H,19,23). The van der Waals surface area contributed by atoms with Crippen molar-refractivity contribution in [2.75, 3.05) is 18.5 Å². The van der Waals surface area contributed by atoms with E-state index < -0.39 is 0 Å². The number of nitrogens with one attached hydrogen (secondary N) is 1. The molecule has 0 aliphatic carbocycles. The number of hydrogen-bond acceptors (Lipinski definition) is 4. The second kappa shape index (κ2) is 8.27. The van der Waals surface area contributed by atoms with Crippen LogP contribution in [0.25, 0.3) is 0 Å². The number of benzene rings is 1. The van der Waals surface area contributed by atoms with E-state index in [4.69, 9.17) is 0 Å². The van der Waals surface area contributed by atoms with Gasteiger partial charge in [-0.2, -0.15) is 0 Å². The predicted molar refractivity (Wildman–Crippen MR) is 92.6 cm³/mol. The molecule has 5 nitrogen and oxygen atoms in total. The molecule has 0 unspecified atom stereocenters. The Morgan fingerprint density at radius 2 is 1.96 bits per heavy atom. The number of nitrogens with zero attached hydrogens (tertiary/aromatic N) is 3. The minimum atomic E-state index is -0.182. The van der Waals surface area contributed by atoms with Crippen LogP contribution < -0.4 is 10.2 Å². The van der Waals surface area contributed by atoms with Gasteiger partial charge in [0.1, 0.15) is 17.8 Å². The van der Waals surface area contributed by atoms with E-state index in [-0.39, 0.29) is 5.91 Å². The van der Waals surface area contributed by atoms with E-state index in [9.17, 15) is 4.79 Å². The van der Waals surface area contributed by atoms with Gasteiger partial charge in [-0.15, -0.1) is 0 Å². The molecule has 0 radical (unpaired) electrons. The second-order valence-electron chi connectivity index (χ2n) is 5.70. The highest BCUT2D eigenvalue weighted by Crippen LogP contribution is 2.10. The Bertz CT molecular complexity index is 640. The van der Waals surface area contributed by atoms with Crippen LogP contribution in [-0.2, 0) is 6.54 Å². The third kappa shape index (κ3) is 5.06. The average molecular weight is 312 g/mol. The van der Waals surface area contributed by atoms with Gasteiger partial charge in [0.05, 0.1) is 0 Å². The van der Waals surface area contributed by atoms with E-state index in [1.54, 1.807) is 6.07 Å². The van der Waals surface area contributed by atoms with Gasteiger partial charge in [0.2, 0.25) is 0 Å². The Hall–Kier alpha value is -2.43. The smallest absolute Gasteiger partial charge is 0.270 e. The third-order valence-corrected chi connectivity index (χ3v) is 3.70. The maximum Gasteiger partial charge on any atom is 0.270 e. The summed E-state index contributed by atoms with van der Waals surface area (Å²) in [5, 5.41) is 2.90. The highest BCUT2D eigenvalue weighted by atomic mass is 16.1. The van der Waals surface area contributed by atoms with E-state index >= 15 is 0 Å². The Morgan fingerprint density at radius 3 is 2.65 bits per heavy atom. The topological polar surface area (TPSA) is 58.1 Å². The fraction of sp³-hybridized carbons (Fsp3) is 0.389. The summed E-state index contributed by atoms with van der Waals surface area (Å²) < 4.78 is 0. The molecule has 1 N–H and O–H groups in total. The van der Waals surface area contributed by atoms with Gasteiger partial charge in [-0.1, -0.05) is 43.2 Å². The number of amides is 1. The van der Waals surface area contributed by atoms with Crippen molar-refractivity contribution in [3.05, 3.63) is 53.5 Å². The van der Waals surface area contributed by atoms with Crippen LogP contribution in [0, 0.1) is 6.92 Å². The summed E-state index contributed by atoms with van der Waals surface area (Å²) in [6.07, 6.45) is 3.66. The van der Waals surface area contributed by atoms with Gasteiger partial charge in [-0.3, -0.25) is 4.79 Å². The van der Waals surface area contributed by atoms with Crippen LogP contribution in [0.4, 0.5) is 5.82 Å². The fourth-order valence-corrected chi connectivity index (χ4v) is 2.17. The number of anilines is 1. The first kappa shape index (κ1) is 16.9. The molecule has 122 valence electrons. The number of rotatable bonds is 7. The van der Waals surface area contributed by atoms with Gasteiger partial charge in [-0.05, 0) is 18.9 Å². The lowest BCUT2D eigenvalue weighted by Gasteiger charge is -2.17. The van der Waals surface area contributed by atoms with Crippen molar-refractivity contribution in [3.8, 4) is 0 Å². The maximum atomic E-state index is 12.3. The van der Waals surface area contributed by atoms with E-state index in [1.165, 1.54) is 11.9 Å². The van der Waals surface area contributed by atoms with Crippen LogP contribution in [0.2, 0.25) is 0 Å². The van der Waals surface area contributed by atoms with Crippen LogP contribution in [0.5, 0.6) is 0 Å². The maximum absolute atomic E-state index is 12.3. The highest BCUT2D eigenvalue weighted by Gasteiger charge is 2.10. The van der Waals surface area contributed by atoms with Crippen LogP contribution in [0.15, 0.2) is 36.7 Å². The molecule has 0 spiro atoms. The van der Waals surface area contributed by atoms with E-state index in [2.05, 4.69) is 22.2 Å². The zero-order valence-electron chi connectivity index (χ0n) is 14.0. The van der Waals surface area contributed by atoms with E-state index in [0.717, 1.165) is 30.8 Å². The molecule has 0 aliphatic rings. The van der Waals surface area contributed by atoms with Crippen molar-refractivity contribution in [1.29, 1.82) is 0 Å². The number of aryl methyl sites for hydroxylation is 1. The summed E-state index contributed by atoms with van der Waals surface area (Å²) in [7, 11) is 1.98. The molecule has 1 aromatic heterocycles.